The number of nitrogens with one attached hydrogen (secondary N) is 1. The number of aliphatic hydroxyl groups is 1. The number of carbonyl (C=O) groups is 1. The van der Waals surface area contributed by atoms with E-state index in [1.165, 1.54) is 19.3 Å². The van der Waals surface area contributed by atoms with Gasteiger partial charge in [-0.25, -0.2) is 0 Å². The van der Waals surface area contributed by atoms with Crippen molar-refractivity contribution in [1.29, 1.82) is 0 Å². The molecule has 0 aromatic heterocycles. The van der Waals surface area contributed by atoms with E-state index in [-0.39, 0.29) is 24.8 Å². The van der Waals surface area contributed by atoms with Crippen LogP contribution in [0.3, 0.4) is 0 Å². The molecule has 1 aromatic carbocycles. The van der Waals surface area contributed by atoms with Gasteiger partial charge in [-0.05, 0) is 42.5 Å². The number of hydrogen-bond acceptors (Lipinski definition) is 5. The van der Waals surface area contributed by atoms with Crippen molar-refractivity contribution in [2.75, 3.05) is 32.8 Å². The molecule has 6 nitrogen and oxygen atoms in total. The highest BCUT2D eigenvalue weighted by molar-refractivity contribution is 5.76. The second kappa shape index (κ2) is 12.4. The third kappa shape index (κ3) is 7.66. The third-order valence-electron chi connectivity index (χ3n) is 6.35. The minimum Gasteiger partial charge on any atom is -0.486 e. The molecule has 1 saturated heterocycles. The van der Waals surface area contributed by atoms with Gasteiger partial charge in [-0.2, -0.15) is 0 Å². The smallest absolute Gasteiger partial charge is 0.220 e. The molecule has 6 heteroatoms. The largest absolute Gasteiger partial charge is 0.486 e. The number of ether oxygens (including phenoxy) is 2. The number of likely N-dealkylation sites (tertiary alicyclic amines) is 1. The first-order valence-electron chi connectivity index (χ1n) is 12.0. The highest BCUT2D eigenvalue weighted by atomic mass is 16.6. The summed E-state index contributed by atoms with van der Waals surface area (Å²) in [7, 11) is 0. The number of fused-ring (bicyclic) bond motifs is 1. The van der Waals surface area contributed by atoms with Gasteiger partial charge in [0.05, 0.1) is 6.04 Å². The van der Waals surface area contributed by atoms with Gasteiger partial charge in [0.1, 0.15) is 19.3 Å². The minimum atomic E-state index is -0.802. The quantitative estimate of drug-likeness (QED) is 0.480. The van der Waals surface area contributed by atoms with E-state index in [4.69, 9.17) is 9.47 Å². The molecule has 3 rings (SSSR count). The number of carbonyl (C=O) groups excluding carboxylic acids is 1. The van der Waals surface area contributed by atoms with Crippen LogP contribution in [0.2, 0.25) is 0 Å². The van der Waals surface area contributed by atoms with Gasteiger partial charge in [-0.15, -0.1) is 0 Å². The summed E-state index contributed by atoms with van der Waals surface area (Å²) >= 11 is 0. The summed E-state index contributed by atoms with van der Waals surface area (Å²) < 4.78 is 11.3. The fourth-order valence-corrected chi connectivity index (χ4v) is 4.53. The Morgan fingerprint density at radius 2 is 1.88 bits per heavy atom. The highest BCUT2D eigenvalue weighted by Crippen LogP contribution is 2.34. The van der Waals surface area contributed by atoms with E-state index in [2.05, 4.69) is 31.0 Å². The van der Waals surface area contributed by atoms with Crippen molar-refractivity contribution < 1.29 is 19.4 Å². The monoisotopic (exact) mass is 448 g/mol. The number of rotatable bonds is 11. The lowest BCUT2D eigenvalue weighted by Crippen LogP contribution is -2.47. The van der Waals surface area contributed by atoms with Crippen molar-refractivity contribution in [3.63, 3.8) is 0 Å². The summed E-state index contributed by atoms with van der Waals surface area (Å²) in [5.41, 5.74) is 1.02. The summed E-state index contributed by atoms with van der Waals surface area (Å²) in [6.07, 6.45) is 6.41. The second-order valence-electron chi connectivity index (χ2n) is 9.84. The number of nitrogens with zero attached hydrogens (tertiary/aromatic N) is 1. The first-order valence-corrected chi connectivity index (χ1v) is 12.0. The Morgan fingerprint density at radius 3 is 2.56 bits per heavy atom. The molecule has 0 unspecified atom stereocenters. The van der Waals surface area contributed by atoms with Crippen LogP contribution in [0, 0.1) is 5.41 Å². The zero-order valence-electron chi connectivity index (χ0n) is 19.5. The fourth-order valence-electron chi connectivity index (χ4n) is 4.53. The van der Waals surface area contributed by atoms with Crippen LogP contribution in [0.15, 0.2) is 18.2 Å². The summed E-state index contributed by atoms with van der Waals surface area (Å²) in [5, 5.41) is 14.4. The summed E-state index contributed by atoms with van der Waals surface area (Å²) in [4.78, 5) is 15.0. The van der Waals surface area contributed by atoms with Crippen LogP contribution in [-0.2, 0) is 4.79 Å². The lowest BCUT2D eigenvalue weighted by atomic mass is 9.93. The predicted octanol–water partition coefficient (Wildman–Crippen LogP) is 4.70. The van der Waals surface area contributed by atoms with E-state index < -0.39 is 6.10 Å². The van der Waals surface area contributed by atoms with E-state index in [9.17, 15) is 9.90 Å². The first kappa shape index (κ1) is 26.5. The van der Waals surface area contributed by atoms with Crippen molar-refractivity contribution in [3.8, 4) is 11.5 Å². The van der Waals surface area contributed by atoms with Crippen LogP contribution < -0.4 is 14.8 Å². The summed E-state index contributed by atoms with van der Waals surface area (Å²) in [6, 6.07) is 5.20. The first-order chi connectivity index (χ1) is 14.9. The molecule has 0 aliphatic carbocycles. The van der Waals surface area contributed by atoms with Gasteiger partial charge in [0.2, 0.25) is 5.91 Å². The average molecular weight is 449 g/mol. The van der Waals surface area contributed by atoms with E-state index >= 15 is 0 Å². The predicted molar refractivity (Wildman–Crippen MR) is 129 cm³/mol. The topological polar surface area (TPSA) is 71.0 Å². The maximum atomic E-state index is 12.7. The standard InChI is InChI=1S/C25H40N2O4.CH4/c1-4-5-6-7-8-9-23(28)26-20(17-27-13-12-25(2,3)18-27)24(29)19-10-11-21-22(16-19)31-15-14-30-21;/h10-11,16,20,24,29H,4-9,12-15,17-18H2,1-3H3,(H,26,28);1H4/t20-,24+;/m1./s1. The number of benzene rings is 1. The highest BCUT2D eigenvalue weighted by Gasteiger charge is 2.33. The molecule has 0 spiro atoms. The molecule has 2 atom stereocenters. The molecule has 2 heterocycles. The van der Waals surface area contributed by atoms with Crippen molar-refractivity contribution in [3.05, 3.63) is 23.8 Å². The maximum absolute atomic E-state index is 12.7. The van der Waals surface area contributed by atoms with Crippen LogP contribution in [0.1, 0.15) is 84.8 Å². The van der Waals surface area contributed by atoms with Gasteiger partial charge in [0.25, 0.3) is 0 Å². The van der Waals surface area contributed by atoms with E-state index in [1.807, 2.05) is 18.2 Å². The Hall–Kier alpha value is -1.79. The van der Waals surface area contributed by atoms with Gasteiger partial charge >= 0.3 is 0 Å². The third-order valence-corrected chi connectivity index (χ3v) is 6.35. The Labute approximate surface area is 194 Å². The summed E-state index contributed by atoms with van der Waals surface area (Å²) in [6.45, 7) is 10.4. The van der Waals surface area contributed by atoms with Crippen molar-refractivity contribution in [2.24, 2.45) is 5.41 Å². The maximum Gasteiger partial charge on any atom is 0.220 e. The summed E-state index contributed by atoms with van der Waals surface area (Å²) in [5.74, 6) is 1.39. The lowest BCUT2D eigenvalue weighted by molar-refractivity contribution is -0.123. The van der Waals surface area contributed by atoms with E-state index in [0.717, 1.165) is 37.9 Å². The second-order valence-corrected chi connectivity index (χ2v) is 9.84. The molecule has 2 aliphatic rings. The number of aliphatic hydroxyl groups excluding tert-OH is 1. The molecular formula is C26H44N2O4. The molecular weight excluding hydrogens is 404 g/mol. The molecule has 0 saturated carbocycles. The van der Waals surface area contributed by atoms with Crippen LogP contribution in [0.4, 0.5) is 0 Å². The molecule has 32 heavy (non-hydrogen) atoms. The van der Waals surface area contributed by atoms with Gasteiger partial charge in [0, 0.05) is 19.5 Å². The van der Waals surface area contributed by atoms with Gasteiger partial charge in [-0.1, -0.05) is 59.9 Å². The van der Waals surface area contributed by atoms with Crippen LogP contribution >= 0.6 is 0 Å². The zero-order valence-corrected chi connectivity index (χ0v) is 19.5. The molecule has 0 radical (unpaired) electrons. The number of unbranched alkanes of at least 4 members (excludes halogenated alkanes) is 4. The van der Waals surface area contributed by atoms with Gasteiger partial charge in [0.15, 0.2) is 11.5 Å². The van der Waals surface area contributed by atoms with Crippen LogP contribution in [0.5, 0.6) is 11.5 Å². The van der Waals surface area contributed by atoms with E-state index in [0.29, 0.717) is 37.7 Å². The number of hydrogen-bond donors (Lipinski definition) is 2. The van der Waals surface area contributed by atoms with Gasteiger partial charge in [-0.3, -0.25) is 4.79 Å². The fraction of sp³-hybridized carbons (Fsp3) is 0.731. The SMILES string of the molecule is C.CCCCCCCC(=O)N[C@H](CN1CCC(C)(C)C1)[C@@H](O)c1ccc2c(c1)OCCO2. The molecule has 1 amide bonds. The van der Waals surface area contributed by atoms with Crippen molar-refractivity contribution in [2.45, 2.75) is 85.3 Å². The molecule has 1 aromatic rings. The molecule has 1 fully saturated rings. The Kier molecular flexibility index (Phi) is 10.3. The average Bonchev–Trinajstić information content (AvgIpc) is 3.10. The Bertz CT molecular complexity index is 722. The van der Waals surface area contributed by atoms with Crippen molar-refractivity contribution >= 4 is 5.91 Å². The van der Waals surface area contributed by atoms with E-state index in [1.54, 1.807) is 0 Å². The van der Waals surface area contributed by atoms with Gasteiger partial charge < -0.3 is 24.8 Å². The minimum absolute atomic E-state index is 0. The van der Waals surface area contributed by atoms with Crippen molar-refractivity contribution in [1.82, 2.24) is 10.2 Å². The molecule has 2 N–H and O–H groups in total. The van der Waals surface area contributed by atoms with Crippen LogP contribution in [0.25, 0.3) is 0 Å². The zero-order chi connectivity index (χ0) is 22.3. The lowest BCUT2D eigenvalue weighted by Gasteiger charge is -2.30. The molecule has 2 aliphatic heterocycles. The molecule has 182 valence electrons. The molecule has 0 bridgehead atoms. The Balaban J connectivity index is 0.00000363. The number of amides is 1. The normalized spacial score (nSPS) is 19.1. The van der Waals surface area contributed by atoms with Crippen LogP contribution in [-0.4, -0.2) is 54.8 Å². The Morgan fingerprint density at radius 1 is 1.16 bits per heavy atom.